The fourth-order valence-electron chi connectivity index (χ4n) is 6.14. The molecule has 1 saturated heterocycles. The Labute approximate surface area is 188 Å². The molecule has 162 valence electrons. The fourth-order valence-corrected chi connectivity index (χ4v) is 6.33. The van der Waals surface area contributed by atoms with E-state index in [1.807, 2.05) is 43.5 Å². The van der Waals surface area contributed by atoms with E-state index in [4.69, 9.17) is 16.3 Å². The first kappa shape index (κ1) is 20.7. The third-order valence-electron chi connectivity index (χ3n) is 7.55. The van der Waals surface area contributed by atoms with Gasteiger partial charge in [0, 0.05) is 22.7 Å². The molecule has 1 aromatic carbocycles. The van der Waals surface area contributed by atoms with Gasteiger partial charge in [-0.1, -0.05) is 35.9 Å². The van der Waals surface area contributed by atoms with E-state index in [9.17, 15) is 9.90 Å². The van der Waals surface area contributed by atoms with Crippen molar-refractivity contribution in [2.24, 2.45) is 29.6 Å². The van der Waals surface area contributed by atoms with E-state index in [1.54, 1.807) is 0 Å². The lowest BCUT2D eigenvalue weighted by Crippen LogP contribution is -2.44. The highest BCUT2D eigenvalue weighted by Crippen LogP contribution is 2.53. The van der Waals surface area contributed by atoms with Crippen molar-refractivity contribution < 1.29 is 14.6 Å². The molecular formula is C26H28ClNO3. The van der Waals surface area contributed by atoms with E-state index in [2.05, 4.69) is 23.2 Å². The van der Waals surface area contributed by atoms with Gasteiger partial charge in [0.2, 0.25) is 0 Å². The standard InChI is InChI=1S/C26H28ClNO3/c1-15-25-23(22-10-8-21(29)12-18(22)13-24(25)26(30)31-15)9-7-20-6-5-17(14-28-20)16-3-2-4-19(27)11-16/h2-7,9,11,14-15,18,21-25,29H,8,10,12-13H2,1H3/b9-7+/t15-,18+,21-,22-,23+,24-,25+/m1/s1. The van der Waals surface area contributed by atoms with Crippen LogP contribution in [0.2, 0.25) is 5.02 Å². The van der Waals surface area contributed by atoms with E-state index < -0.39 is 0 Å². The van der Waals surface area contributed by atoms with Gasteiger partial charge >= 0.3 is 5.97 Å². The number of pyridine rings is 1. The molecule has 3 aliphatic rings. The number of carbonyl (C=O) groups excluding carboxylic acids is 1. The summed E-state index contributed by atoms with van der Waals surface area (Å²) in [6.07, 6.45) is 9.43. The summed E-state index contributed by atoms with van der Waals surface area (Å²) in [5.41, 5.74) is 2.98. The number of hydrogen-bond donors (Lipinski definition) is 1. The number of carbonyl (C=O) groups is 1. The van der Waals surface area contributed by atoms with E-state index in [0.717, 1.165) is 42.5 Å². The Morgan fingerprint density at radius 1 is 1.16 bits per heavy atom. The number of aromatic nitrogens is 1. The van der Waals surface area contributed by atoms with Gasteiger partial charge in [-0.15, -0.1) is 0 Å². The molecule has 0 spiro atoms. The molecule has 2 heterocycles. The molecule has 1 aliphatic heterocycles. The van der Waals surface area contributed by atoms with Gasteiger partial charge in [-0.2, -0.15) is 0 Å². The molecule has 0 radical (unpaired) electrons. The molecule has 1 aromatic heterocycles. The summed E-state index contributed by atoms with van der Waals surface area (Å²) in [5.74, 6) is 1.25. The summed E-state index contributed by atoms with van der Waals surface area (Å²) in [5, 5.41) is 10.9. The molecule has 2 aliphatic carbocycles. The van der Waals surface area contributed by atoms with Crippen LogP contribution in [-0.2, 0) is 9.53 Å². The van der Waals surface area contributed by atoms with E-state index in [-0.39, 0.29) is 35.9 Å². The third-order valence-corrected chi connectivity index (χ3v) is 7.79. The molecule has 2 saturated carbocycles. The number of ether oxygens (including phenoxy) is 1. The van der Waals surface area contributed by atoms with Gasteiger partial charge in [0.1, 0.15) is 6.10 Å². The summed E-state index contributed by atoms with van der Waals surface area (Å²) in [7, 11) is 0. The van der Waals surface area contributed by atoms with Crippen LogP contribution in [0.15, 0.2) is 48.7 Å². The Morgan fingerprint density at radius 2 is 2.03 bits per heavy atom. The highest BCUT2D eigenvalue weighted by atomic mass is 35.5. The molecule has 5 heteroatoms. The SMILES string of the molecule is C[C@H]1OC(=O)[C@@H]2C[C@@H]3C[C@H](O)CC[C@H]3[C@H](/C=C/c3ccc(-c4cccc(Cl)c4)cn3)[C@H]12. The molecule has 3 fully saturated rings. The van der Waals surface area contributed by atoms with E-state index in [1.165, 1.54) is 0 Å². The highest BCUT2D eigenvalue weighted by Gasteiger charge is 2.54. The number of allylic oxidation sites excluding steroid dienone is 1. The Morgan fingerprint density at radius 3 is 2.81 bits per heavy atom. The molecule has 0 amide bonds. The Bertz CT molecular complexity index is 988. The van der Waals surface area contributed by atoms with Crippen LogP contribution in [0.4, 0.5) is 0 Å². The molecule has 0 bridgehead atoms. The summed E-state index contributed by atoms with van der Waals surface area (Å²) in [6.45, 7) is 2.03. The molecule has 2 aromatic rings. The summed E-state index contributed by atoms with van der Waals surface area (Å²) in [4.78, 5) is 17.1. The van der Waals surface area contributed by atoms with Gasteiger partial charge in [-0.05, 0) is 80.2 Å². The number of aliphatic hydroxyl groups excluding tert-OH is 1. The zero-order valence-electron chi connectivity index (χ0n) is 17.7. The lowest BCUT2D eigenvalue weighted by atomic mass is 9.57. The topological polar surface area (TPSA) is 59.4 Å². The van der Waals surface area contributed by atoms with Crippen LogP contribution in [0.25, 0.3) is 17.2 Å². The van der Waals surface area contributed by atoms with Crippen LogP contribution < -0.4 is 0 Å². The summed E-state index contributed by atoms with van der Waals surface area (Å²) in [6, 6.07) is 11.8. The van der Waals surface area contributed by atoms with Crippen molar-refractivity contribution in [2.75, 3.05) is 0 Å². The fraction of sp³-hybridized carbons (Fsp3) is 0.462. The highest BCUT2D eigenvalue weighted by molar-refractivity contribution is 6.30. The Balaban J connectivity index is 1.39. The second-order valence-corrected chi connectivity index (χ2v) is 9.81. The van der Waals surface area contributed by atoms with Crippen molar-refractivity contribution in [3.63, 3.8) is 0 Å². The van der Waals surface area contributed by atoms with E-state index >= 15 is 0 Å². The van der Waals surface area contributed by atoms with Gasteiger partial charge in [0.15, 0.2) is 0 Å². The van der Waals surface area contributed by atoms with Gasteiger partial charge in [0.25, 0.3) is 0 Å². The minimum atomic E-state index is -0.238. The van der Waals surface area contributed by atoms with Crippen molar-refractivity contribution in [1.82, 2.24) is 4.98 Å². The normalized spacial score (nSPS) is 34.9. The molecule has 4 nitrogen and oxygen atoms in total. The molecule has 0 unspecified atom stereocenters. The number of aliphatic hydroxyl groups is 1. The maximum Gasteiger partial charge on any atom is 0.309 e. The first-order chi connectivity index (χ1) is 15.0. The number of halogens is 1. The molecule has 7 atom stereocenters. The third kappa shape index (κ3) is 4.04. The smallest absolute Gasteiger partial charge is 0.309 e. The first-order valence-corrected chi connectivity index (χ1v) is 11.7. The van der Waals surface area contributed by atoms with Gasteiger partial charge in [0.05, 0.1) is 17.7 Å². The second kappa shape index (κ2) is 8.40. The van der Waals surface area contributed by atoms with Crippen molar-refractivity contribution in [1.29, 1.82) is 0 Å². The predicted molar refractivity (Wildman–Crippen MR) is 121 cm³/mol. The van der Waals surface area contributed by atoms with E-state index in [0.29, 0.717) is 16.9 Å². The lowest BCUT2D eigenvalue weighted by Gasteiger charge is -2.46. The van der Waals surface area contributed by atoms with Crippen LogP contribution in [-0.4, -0.2) is 28.3 Å². The number of fused-ring (bicyclic) bond motifs is 2. The molecular weight excluding hydrogens is 410 g/mol. The average Bonchev–Trinajstić information content (AvgIpc) is 3.04. The second-order valence-electron chi connectivity index (χ2n) is 9.37. The number of hydrogen-bond acceptors (Lipinski definition) is 4. The number of cyclic esters (lactones) is 1. The quantitative estimate of drug-likeness (QED) is 0.654. The lowest BCUT2D eigenvalue weighted by molar-refractivity contribution is -0.144. The van der Waals surface area contributed by atoms with Crippen LogP contribution in [0.1, 0.15) is 38.3 Å². The zero-order chi connectivity index (χ0) is 21.5. The summed E-state index contributed by atoms with van der Waals surface area (Å²) >= 11 is 6.11. The van der Waals surface area contributed by atoms with Crippen molar-refractivity contribution in [3.8, 4) is 11.1 Å². The predicted octanol–water partition coefficient (Wildman–Crippen LogP) is 5.39. The molecule has 31 heavy (non-hydrogen) atoms. The zero-order valence-corrected chi connectivity index (χ0v) is 18.4. The minimum Gasteiger partial charge on any atom is -0.462 e. The number of rotatable bonds is 3. The van der Waals surface area contributed by atoms with Crippen molar-refractivity contribution in [2.45, 2.75) is 44.8 Å². The monoisotopic (exact) mass is 437 g/mol. The Hall–Kier alpha value is -2.17. The Kier molecular flexibility index (Phi) is 5.61. The maximum absolute atomic E-state index is 12.5. The minimum absolute atomic E-state index is 0.0469. The number of esters is 1. The average molecular weight is 438 g/mol. The van der Waals surface area contributed by atoms with Gasteiger partial charge < -0.3 is 9.84 Å². The summed E-state index contributed by atoms with van der Waals surface area (Å²) < 4.78 is 5.64. The van der Waals surface area contributed by atoms with Gasteiger partial charge in [-0.25, -0.2) is 0 Å². The molecule has 1 N–H and O–H groups in total. The molecule has 5 rings (SSSR count). The first-order valence-electron chi connectivity index (χ1n) is 11.3. The number of benzene rings is 1. The van der Waals surface area contributed by atoms with Crippen molar-refractivity contribution >= 4 is 23.6 Å². The van der Waals surface area contributed by atoms with Gasteiger partial charge in [-0.3, -0.25) is 9.78 Å². The van der Waals surface area contributed by atoms with Crippen LogP contribution in [0, 0.1) is 29.6 Å². The largest absolute Gasteiger partial charge is 0.462 e. The van der Waals surface area contributed by atoms with Crippen LogP contribution in [0.5, 0.6) is 0 Å². The van der Waals surface area contributed by atoms with Crippen molar-refractivity contribution in [3.05, 3.63) is 59.4 Å². The van der Waals surface area contributed by atoms with Crippen LogP contribution >= 0.6 is 11.6 Å². The maximum atomic E-state index is 12.5. The number of nitrogens with zero attached hydrogens (tertiary/aromatic N) is 1. The van der Waals surface area contributed by atoms with Crippen LogP contribution in [0.3, 0.4) is 0 Å².